The Hall–Kier alpha value is -1.36. The summed E-state index contributed by atoms with van der Waals surface area (Å²) in [5.41, 5.74) is 0.245. The number of aliphatic hydroxyl groups is 1. The molecule has 0 bridgehead atoms. The molecule has 0 radical (unpaired) electrons. The van der Waals surface area contributed by atoms with Gasteiger partial charge in [-0.3, -0.25) is 0 Å². The second-order valence-corrected chi connectivity index (χ2v) is 3.42. The van der Waals surface area contributed by atoms with Crippen molar-refractivity contribution >= 4 is 5.97 Å². The first kappa shape index (κ1) is 11.7. The highest BCUT2D eigenvalue weighted by molar-refractivity contribution is 5.87. The van der Waals surface area contributed by atoms with Gasteiger partial charge in [-0.25, -0.2) is 9.78 Å². The van der Waals surface area contributed by atoms with E-state index in [1.165, 1.54) is 0 Å². The first-order chi connectivity index (χ1) is 7.10. The average molecular weight is 212 g/mol. The molecule has 1 aromatic rings. The van der Waals surface area contributed by atoms with Crippen molar-refractivity contribution < 1.29 is 14.6 Å². The quantitative estimate of drug-likeness (QED) is 0.760. The molecular formula is C10H16N2O3. The zero-order chi connectivity index (χ0) is 11.4. The number of nitrogens with zero attached hydrogens (tertiary/aromatic N) is 2. The lowest BCUT2D eigenvalue weighted by atomic mass is 10.4. The number of carbonyl (C=O) groups excluding carboxylic acids is 1. The van der Waals surface area contributed by atoms with Crippen LogP contribution >= 0.6 is 0 Å². The fraction of sp³-hybridized carbons (Fsp3) is 0.600. The molecular weight excluding hydrogens is 196 g/mol. The molecule has 0 aliphatic carbocycles. The van der Waals surface area contributed by atoms with Crippen molar-refractivity contribution in [3.8, 4) is 0 Å². The van der Waals surface area contributed by atoms with Crippen LogP contribution in [0, 0.1) is 0 Å². The van der Waals surface area contributed by atoms with Crippen molar-refractivity contribution in [1.29, 1.82) is 0 Å². The van der Waals surface area contributed by atoms with Crippen molar-refractivity contribution in [1.82, 2.24) is 9.55 Å². The Kier molecular flexibility index (Phi) is 3.85. The molecule has 0 atom stereocenters. The first-order valence-corrected chi connectivity index (χ1v) is 4.95. The zero-order valence-corrected chi connectivity index (χ0v) is 9.23. The van der Waals surface area contributed by atoms with Gasteiger partial charge >= 0.3 is 5.97 Å². The van der Waals surface area contributed by atoms with Crippen molar-refractivity contribution in [3.63, 3.8) is 0 Å². The summed E-state index contributed by atoms with van der Waals surface area (Å²) in [6, 6.07) is 0.155. The molecule has 15 heavy (non-hydrogen) atoms. The minimum Gasteiger partial charge on any atom is -0.461 e. The molecule has 84 valence electrons. The van der Waals surface area contributed by atoms with E-state index in [9.17, 15) is 4.79 Å². The number of aliphatic hydroxyl groups excluding tert-OH is 1. The van der Waals surface area contributed by atoms with Gasteiger partial charge in [-0.05, 0) is 20.8 Å². The fourth-order valence-corrected chi connectivity index (χ4v) is 1.30. The summed E-state index contributed by atoms with van der Waals surface area (Å²) in [4.78, 5) is 15.4. The summed E-state index contributed by atoms with van der Waals surface area (Å²) in [5, 5.41) is 9.06. The molecule has 1 aromatic heterocycles. The van der Waals surface area contributed by atoms with Gasteiger partial charge in [0.25, 0.3) is 0 Å². The first-order valence-electron chi connectivity index (χ1n) is 4.95. The molecule has 0 unspecified atom stereocenters. The SMILES string of the molecule is CCOC(=O)c1cn(C(C)C)c(CO)n1. The fourth-order valence-electron chi connectivity index (χ4n) is 1.30. The Bertz CT molecular complexity index is 344. The van der Waals surface area contributed by atoms with Gasteiger partial charge in [0.1, 0.15) is 12.4 Å². The Morgan fingerprint density at radius 2 is 2.33 bits per heavy atom. The largest absolute Gasteiger partial charge is 0.461 e. The number of imidazole rings is 1. The van der Waals surface area contributed by atoms with Gasteiger partial charge in [-0.1, -0.05) is 0 Å². The third-order valence-corrected chi connectivity index (χ3v) is 1.99. The lowest BCUT2D eigenvalue weighted by Crippen LogP contribution is -2.05. The number of esters is 1. The molecule has 0 saturated carbocycles. The van der Waals surface area contributed by atoms with Crippen LogP contribution < -0.4 is 0 Å². The van der Waals surface area contributed by atoms with Gasteiger partial charge < -0.3 is 14.4 Å². The number of hydrogen-bond acceptors (Lipinski definition) is 4. The van der Waals surface area contributed by atoms with Crippen LogP contribution in [0.1, 0.15) is 43.1 Å². The summed E-state index contributed by atoms with van der Waals surface area (Å²) in [5.74, 6) is 0.0275. The van der Waals surface area contributed by atoms with Gasteiger partial charge in [-0.2, -0.15) is 0 Å². The summed E-state index contributed by atoms with van der Waals surface area (Å²) in [6.07, 6.45) is 1.61. The molecule has 0 fully saturated rings. The Morgan fingerprint density at radius 3 is 2.73 bits per heavy atom. The number of ether oxygens (including phenoxy) is 1. The van der Waals surface area contributed by atoms with Crippen molar-refractivity contribution in [3.05, 3.63) is 17.7 Å². The van der Waals surface area contributed by atoms with E-state index in [1.807, 2.05) is 13.8 Å². The predicted octanol–water partition coefficient (Wildman–Crippen LogP) is 1.13. The zero-order valence-electron chi connectivity index (χ0n) is 9.23. The van der Waals surface area contributed by atoms with E-state index in [0.717, 1.165) is 0 Å². The molecule has 5 nitrogen and oxygen atoms in total. The van der Waals surface area contributed by atoms with E-state index in [0.29, 0.717) is 12.4 Å². The molecule has 1 rings (SSSR count). The van der Waals surface area contributed by atoms with Crippen LogP contribution in [0.2, 0.25) is 0 Å². The van der Waals surface area contributed by atoms with Crippen LogP contribution in [0.15, 0.2) is 6.20 Å². The minimum absolute atomic E-state index is 0.155. The van der Waals surface area contributed by atoms with Crippen LogP contribution in [0.3, 0.4) is 0 Å². The number of aromatic nitrogens is 2. The molecule has 5 heteroatoms. The highest BCUT2D eigenvalue weighted by Crippen LogP contribution is 2.12. The summed E-state index contributed by atoms with van der Waals surface area (Å²) >= 11 is 0. The standard InChI is InChI=1S/C10H16N2O3/c1-4-15-10(14)8-5-12(7(2)3)9(6-13)11-8/h5,7,13H,4,6H2,1-3H3. The van der Waals surface area contributed by atoms with Gasteiger partial charge in [-0.15, -0.1) is 0 Å². The van der Waals surface area contributed by atoms with Crippen molar-refractivity contribution in [2.24, 2.45) is 0 Å². The van der Waals surface area contributed by atoms with E-state index >= 15 is 0 Å². The monoisotopic (exact) mass is 212 g/mol. The van der Waals surface area contributed by atoms with Crippen LogP contribution in [0.5, 0.6) is 0 Å². The van der Waals surface area contributed by atoms with Crippen molar-refractivity contribution in [2.75, 3.05) is 6.61 Å². The lowest BCUT2D eigenvalue weighted by Gasteiger charge is -2.08. The summed E-state index contributed by atoms with van der Waals surface area (Å²) < 4.78 is 6.58. The Balaban J connectivity index is 2.97. The maximum atomic E-state index is 11.4. The Morgan fingerprint density at radius 1 is 1.67 bits per heavy atom. The topological polar surface area (TPSA) is 64.3 Å². The van der Waals surface area contributed by atoms with Gasteiger partial charge in [0.05, 0.1) is 6.61 Å². The second-order valence-electron chi connectivity index (χ2n) is 3.42. The van der Waals surface area contributed by atoms with E-state index in [-0.39, 0.29) is 18.3 Å². The third-order valence-electron chi connectivity index (χ3n) is 1.99. The predicted molar refractivity (Wildman–Crippen MR) is 54.5 cm³/mol. The maximum absolute atomic E-state index is 11.4. The third kappa shape index (κ3) is 2.56. The molecule has 1 N–H and O–H groups in total. The number of rotatable bonds is 4. The molecule has 0 saturated heterocycles. The molecule has 0 spiro atoms. The smallest absolute Gasteiger partial charge is 0.358 e. The molecule has 0 aromatic carbocycles. The number of carbonyl (C=O) groups is 1. The van der Waals surface area contributed by atoms with E-state index in [1.54, 1.807) is 17.7 Å². The van der Waals surface area contributed by atoms with E-state index in [2.05, 4.69) is 4.98 Å². The second kappa shape index (κ2) is 4.93. The molecule has 0 aliphatic heterocycles. The van der Waals surface area contributed by atoms with Crippen LogP contribution in [-0.2, 0) is 11.3 Å². The minimum atomic E-state index is -0.452. The van der Waals surface area contributed by atoms with Gasteiger partial charge in [0, 0.05) is 12.2 Å². The van der Waals surface area contributed by atoms with E-state index < -0.39 is 5.97 Å². The van der Waals surface area contributed by atoms with Crippen LogP contribution in [0.25, 0.3) is 0 Å². The maximum Gasteiger partial charge on any atom is 0.358 e. The average Bonchev–Trinajstić information content (AvgIpc) is 2.61. The lowest BCUT2D eigenvalue weighted by molar-refractivity contribution is 0.0519. The highest BCUT2D eigenvalue weighted by Gasteiger charge is 2.15. The van der Waals surface area contributed by atoms with Gasteiger partial charge in [0.15, 0.2) is 5.69 Å². The summed E-state index contributed by atoms with van der Waals surface area (Å²) in [6.45, 7) is 5.79. The molecule has 0 aliphatic rings. The van der Waals surface area contributed by atoms with Gasteiger partial charge in [0.2, 0.25) is 0 Å². The van der Waals surface area contributed by atoms with Crippen molar-refractivity contribution in [2.45, 2.75) is 33.4 Å². The van der Waals surface area contributed by atoms with E-state index in [4.69, 9.17) is 9.84 Å². The Labute approximate surface area is 88.7 Å². The van der Waals surface area contributed by atoms with Crippen LogP contribution in [-0.4, -0.2) is 27.2 Å². The molecule has 1 heterocycles. The van der Waals surface area contributed by atoms with Crippen LogP contribution in [0.4, 0.5) is 0 Å². The number of hydrogen-bond donors (Lipinski definition) is 1. The highest BCUT2D eigenvalue weighted by atomic mass is 16.5. The normalized spacial score (nSPS) is 10.7. The molecule has 0 amide bonds. The summed E-state index contributed by atoms with van der Waals surface area (Å²) in [7, 11) is 0.